The van der Waals surface area contributed by atoms with Crippen LogP contribution in [0.5, 0.6) is 0 Å². The Kier molecular flexibility index (Phi) is 4.65. The van der Waals surface area contributed by atoms with E-state index in [1.807, 2.05) is 36.1 Å². The molecule has 1 aliphatic heterocycles. The fourth-order valence-electron chi connectivity index (χ4n) is 2.73. The van der Waals surface area contributed by atoms with Crippen molar-refractivity contribution < 1.29 is 9.90 Å². The van der Waals surface area contributed by atoms with Crippen molar-refractivity contribution in [1.29, 1.82) is 0 Å². The quantitative estimate of drug-likeness (QED) is 0.891. The number of hydrogen-bond donors (Lipinski definition) is 2. The van der Waals surface area contributed by atoms with Crippen molar-refractivity contribution in [2.45, 2.75) is 33.1 Å². The maximum atomic E-state index is 12.2. The third-order valence-electron chi connectivity index (χ3n) is 4.47. The molecule has 0 unspecified atom stereocenters. The lowest BCUT2D eigenvalue weighted by atomic mass is 9.77. The number of urea groups is 1. The van der Waals surface area contributed by atoms with Crippen molar-refractivity contribution in [3.05, 3.63) is 29.8 Å². The zero-order valence-corrected chi connectivity index (χ0v) is 12.4. The van der Waals surface area contributed by atoms with E-state index >= 15 is 0 Å². The number of rotatable bonds is 3. The van der Waals surface area contributed by atoms with E-state index in [-0.39, 0.29) is 18.1 Å². The van der Waals surface area contributed by atoms with Crippen LogP contribution in [0.25, 0.3) is 0 Å². The minimum Gasteiger partial charge on any atom is -0.396 e. The molecular weight excluding hydrogens is 252 g/mol. The molecule has 110 valence electrons. The number of likely N-dealkylation sites (tertiary alicyclic amines) is 1. The second-order valence-corrected chi connectivity index (χ2v) is 5.80. The minimum absolute atomic E-state index is 0.0140. The SMILES string of the molecule is CCC1(CO)CCN(C(=O)Nc2cccc(C)c2)CC1. The van der Waals surface area contributed by atoms with Crippen LogP contribution >= 0.6 is 0 Å². The van der Waals surface area contributed by atoms with Crippen LogP contribution in [-0.4, -0.2) is 35.7 Å². The zero-order valence-electron chi connectivity index (χ0n) is 12.4. The first-order valence-corrected chi connectivity index (χ1v) is 7.32. The summed E-state index contributed by atoms with van der Waals surface area (Å²) in [6, 6.07) is 7.77. The third-order valence-corrected chi connectivity index (χ3v) is 4.47. The number of carbonyl (C=O) groups excluding carboxylic acids is 1. The highest BCUT2D eigenvalue weighted by Gasteiger charge is 2.33. The van der Waals surface area contributed by atoms with Crippen molar-refractivity contribution in [3.63, 3.8) is 0 Å². The summed E-state index contributed by atoms with van der Waals surface area (Å²) in [5.74, 6) is 0. The van der Waals surface area contributed by atoms with Crippen molar-refractivity contribution in [1.82, 2.24) is 4.90 Å². The number of amides is 2. The van der Waals surface area contributed by atoms with E-state index in [2.05, 4.69) is 12.2 Å². The van der Waals surface area contributed by atoms with Crippen LogP contribution in [0, 0.1) is 12.3 Å². The maximum absolute atomic E-state index is 12.2. The summed E-state index contributed by atoms with van der Waals surface area (Å²) in [5, 5.41) is 12.5. The van der Waals surface area contributed by atoms with E-state index < -0.39 is 0 Å². The van der Waals surface area contributed by atoms with Crippen molar-refractivity contribution in [2.75, 3.05) is 25.0 Å². The molecule has 1 saturated heterocycles. The van der Waals surface area contributed by atoms with Gasteiger partial charge in [-0.05, 0) is 49.3 Å². The van der Waals surface area contributed by atoms with E-state index in [4.69, 9.17) is 0 Å². The van der Waals surface area contributed by atoms with Gasteiger partial charge in [0.2, 0.25) is 0 Å². The minimum atomic E-state index is -0.0433. The van der Waals surface area contributed by atoms with E-state index in [1.165, 1.54) is 0 Å². The van der Waals surface area contributed by atoms with Crippen LogP contribution in [0.3, 0.4) is 0 Å². The highest BCUT2D eigenvalue weighted by atomic mass is 16.3. The average molecular weight is 276 g/mol. The monoisotopic (exact) mass is 276 g/mol. The smallest absolute Gasteiger partial charge is 0.321 e. The van der Waals surface area contributed by atoms with Gasteiger partial charge in [-0.25, -0.2) is 4.79 Å². The summed E-state index contributed by atoms with van der Waals surface area (Å²) in [4.78, 5) is 14.1. The summed E-state index contributed by atoms with van der Waals surface area (Å²) < 4.78 is 0. The third kappa shape index (κ3) is 3.31. The molecule has 2 amide bonds. The largest absolute Gasteiger partial charge is 0.396 e. The molecule has 0 aliphatic carbocycles. The van der Waals surface area contributed by atoms with Gasteiger partial charge < -0.3 is 15.3 Å². The molecule has 0 aromatic heterocycles. The predicted octanol–water partition coefficient (Wildman–Crippen LogP) is 3.01. The number of hydrogen-bond acceptors (Lipinski definition) is 2. The second kappa shape index (κ2) is 6.27. The molecule has 0 bridgehead atoms. The van der Waals surface area contributed by atoms with Gasteiger partial charge in [0.15, 0.2) is 0 Å². The van der Waals surface area contributed by atoms with Crippen LogP contribution in [-0.2, 0) is 0 Å². The summed E-state index contributed by atoms with van der Waals surface area (Å²) in [6.07, 6.45) is 2.72. The fourth-order valence-corrected chi connectivity index (χ4v) is 2.73. The molecule has 1 heterocycles. The number of nitrogens with zero attached hydrogens (tertiary/aromatic N) is 1. The predicted molar refractivity (Wildman–Crippen MR) is 80.8 cm³/mol. The zero-order chi connectivity index (χ0) is 14.6. The number of aliphatic hydroxyl groups is 1. The molecule has 1 aliphatic rings. The van der Waals surface area contributed by atoms with Gasteiger partial charge in [0.1, 0.15) is 0 Å². The number of aryl methyl sites for hydroxylation is 1. The van der Waals surface area contributed by atoms with Crippen LogP contribution in [0.2, 0.25) is 0 Å². The van der Waals surface area contributed by atoms with Crippen LogP contribution < -0.4 is 5.32 Å². The molecule has 1 fully saturated rings. The summed E-state index contributed by atoms with van der Waals surface area (Å²) in [7, 11) is 0. The summed E-state index contributed by atoms with van der Waals surface area (Å²) in [5.41, 5.74) is 1.98. The molecule has 0 spiro atoms. The summed E-state index contributed by atoms with van der Waals surface area (Å²) >= 11 is 0. The van der Waals surface area contributed by atoms with E-state index in [9.17, 15) is 9.90 Å². The van der Waals surface area contributed by atoms with Crippen molar-refractivity contribution >= 4 is 11.7 Å². The average Bonchev–Trinajstić information content (AvgIpc) is 2.47. The second-order valence-electron chi connectivity index (χ2n) is 5.80. The first-order chi connectivity index (χ1) is 9.58. The van der Waals surface area contributed by atoms with Gasteiger partial charge in [0.25, 0.3) is 0 Å². The Bertz CT molecular complexity index is 459. The molecular formula is C16H24N2O2. The highest BCUT2D eigenvalue weighted by Crippen LogP contribution is 2.34. The lowest BCUT2D eigenvalue weighted by Gasteiger charge is -2.40. The van der Waals surface area contributed by atoms with Gasteiger partial charge in [-0.15, -0.1) is 0 Å². The standard InChI is InChI=1S/C16H24N2O2/c1-3-16(12-19)7-9-18(10-8-16)15(20)17-14-6-4-5-13(2)11-14/h4-6,11,19H,3,7-10,12H2,1-2H3,(H,17,20). The van der Waals surface area contributed by atoms with Gasteiger partial charge in [-0.2, -0.15) is 0 Å². The molecule has 0 atom stereocenters. The lowest BCUT2D eigenvalue weighted by Crippen LogP contribution is -2.46. The summed E-state index contributed by atoms with van der Waals surface area (Å²) in [6.45, 7) is 5.76. The first kappa shape index (κ1) is 14.9. The first-order valence-electron chi connectivity index (χ1n) is 7.32. The molecule has 2 N–H and O–H groups in total. The van der Waals surface area contributed by atoms with Gasteiger partial charge in [-0.3, -0.25) is 0 Å². The van der Waals surface area contributed by atoms with Gasteiger partial charge in [0.05, 0.1) is 0 Å². The molecule has 0 radical (unpaired) electrons. The topological polar surface area (TPSA) is 52.6 Å². The fraction of sp³-hybridized carbons (Fsp3) is 0.562. The molecule has 0 saturated carbocycles. The van der Waals surface area contributed by atoms with Crippen LogP contribution in [0.4, 0.5) is 10.5 Å². The molecule has 4 nitrogen and oxygen atoms in total. The van der Waals surface area contributed by atoms with E-state index in [0.717, 1.165) is 30.5 Å². The molecule has 20 heavy (non-hydrogen) atoms. The van der Waals surface area contributed by atoms with E-state index in [1.54, 1.807) is 0 Å². The normalized spacial score (nSPS) is 17.9. The molecule has 2 rings (SSSR count). The Labute approximate surface area is 120 Å². The Morgan fingerprint density at radius 1 is 1.40 bits per heavy atom. The Morgan fingerprint density at radius 2 is 2.10 bits per heavy atom. The Balaban J connectivity index is 1.92. The maximum Gasteiger partial charge on any atom is 0.321 e. The van der Waals surface area contributed by atoms with Crippen LogP contribution in [0.15, 0.2) is 24.3 Å². The van der Waals surface area contributed by atoms with Crippen LogP contribution in [0.1, 0.15) is 31.7 Å². The molecule has 4 heteroatoms. The van der Waals surface area contributed by atoms with Gasteiger partial charge in [-0.1, -0.05) is 19.1 Å². The van der Waals surface area contributed by atoms with Gasteiger partial charge >= 0.3 is 6.03 Å². The van der Waals surface area contributed by atoms with Crippen molar-refractivity contribution in [2.24, 2.45) is 5.41 Å². The molecule has 1 aromatic rings. The number of anilines is 1. The Morgan fingerprint density at radius 3 is 2.65 bits per heavy atom. The highest BCUT2D eigenvalue weighted by molar-refractivity contribution is 5.89. The number of piperidine rings is 1. The van der Waals surface area contributed by atoms with E-state index in [0.29, 0.717) is 13.1 Å². The van der Waals surface area contributed by atoms with Gasteiger partial charge in [0, 0.05) is 25.4 Å². The van der Waals surface area contributed by atoms with Crippen molar-refractivity contribution in [3.8, 4) is 0 Å². The number of aliphatic hydroxyl groups excluding tert-OH is 1. The lowest BCUT2D eigenvalue weighted by molar-refractivity contribution is 0.0542. The number of nitrogens with one attached hydrogen (secondary N) is 1. The number of benzene rings is 1. The molecule has 1 aromatic carbocycles. The number of carbonyl (C=O) groups is 1. The Hall–Kier alpha value is -1.55.